The number of hydrogen-bond donors (Lipinski definition) is 3. The van der Waals surface area contributed by atoms with Crippen molar-refractivity contribution in [2.24, 2.45) is 5.92 Å². The van der Waals surface area contributed by atoms with Crippen molar-refractivity contribution in [2.45, 2.75) is 37.8 Å². The van der Waals surface area contributed by atoms with E-state index < -0.39 is 5.60 Å². The molecular weight excluding hydrogens is 282 g/mol. The van der Waals surface area contributed by atoms with E-state index in [2.05, 4.69) is 15.5 Å². The van der Waals surface area contributed by atoms with Crippen LogP contribution in [0.5, 0.6) is 0 Å². The fraction of sp³-hybridized carbons (Fsp3) is 0.688. The first-order chi connectivity index (χ1) is 10.5. The van der Waals surface area contributed by atoms with Crippen LogP contribution in [0.1, 0.15) is 31.9 Å². The van der Waals surface area contributed by atoms with Crippen LogP contribution in [-0.4, -0.2) is 48.3 Å². The molecule has 2 amide bonds. The summed E-state index contributed by atoms with van der Waals surface area (Å²) in [5.41, 5.74) is -1.20. The molecule has 2 aliphatic rings. The molecule has 0 unspecified atom stereocenters. The quantitative estimate of drug-likeness (QED) is 0.739. The van der Waals surface area contributed by atoms with Crippen LogP contribution in [0.4, 0.5) is 4.79 Å². The summed E-state index contributed by atoms with van der Waals surface area (Å²) < 4.78 is 5.18. The Bertz CT molecular complexity index is 497. The van der Waals surface area contributed by atoms with E-state index >= 15 is 0 Å². The lowest BCUT2D eigenvalue weighted by molar-refractivity contribution is 0.0367. The van der Waals surface area contributed by atoms with E-state index in [1.54, 1.807) is 19.1 Å². The summed E-state index contributed by atoms with van der Waals surface area (Å²) in [6, 6.07) is 3.99. The van der Waals surface area contributed by atoms with Gasteiger partial charge >= 0.3 is 6.03 Å². The van der Waals surface area contributed by atoms with Crippen molar-refractivity contribution >= 4 is 6.03 Å². The Hall–Kier alpha value is -1.53. The summed E-state index contributed by atoms with van der Waals surface area (Å²) >= 11 is 0. The maximum atomic E-state index is 11.9. The van der Waals surface area contributed by atoms with Crippen molar-refractivity contribution in [3.8, 4) is 0 Å². The van der Waals surface area contributed by atoms with Gasteiger partial charge in [0.1, 0.15) is 11.4 Å². The van der Waals surface area contributed by atoms with E-state index in [1.807, 2.05) is 0 Å². The molecule has 2 heterocycles. The molecule has 22 heavy (non-hydrogen) atoms. The number of hydrogen-bond acceptors (Lipinski definition) is 4. The zero-order chi connectivity index (χ0) is 15.6. The van der Waals surface area contributed by atoms with E-state index in [-0.39, 0.29) is 12.6 Å². The number of amides is 2. The average molecular weight is 307 g/mol. The van der Waals surface area contributed by atoms with Gasteiger partial charge < -0.3 is 25.1 Å². The minimum Gasteiger partial charge on any atom is -0.466 e. The fourth-order valence-electron chi connectivity index (χ4n) is 3.02. The van der Waals surface area contributed by atoms with Crippen LogP contribution in [0.3, 0.4) is 0 Å². The highest BCUT2D eigenvalue weighted by Crippen LogP contribution is 2.31. The summed E-state index contributed by atoms with van der Waals surface area (Å²) in [5.74, 6) is 0.987. The first kappa shape index (κ1) is 15.4. The van der Waals surface area contributed by atoms with Gasteiger partial charge in [-0.05, 0) is 50.8 Å². The lowest BCUT2D eigenvalue weighted by atomic mass is 10.0. The van der Waals surface area contributed by atoms with E-state index in [0.717, 1.165) is 25.6 Å². The third kappa shape index (κ3) is 3.81. The molecule has 0 radical (unpaired) electrons. The summed E-state index contributed by atoms with van der Waals surface area (Å²) in [7, 11) is 0. The Kier molecular flexibility index (Phi) is 4.40. The molecule has 6 nitrogen and oxygen atoms in total. The monoisotopic (exact) mass is 307 g/mol. The van der Waals surface area contributed by atoms with Gasteiger partial charge in [0.05, 0.1) is 12.8 Å². The number of carbonyl (C=O) groups is 1. The molecule has 1 aromatic rings. The highest BCUT2D eigenvalue weighted by molar-refractivity contribution is 5.73. The molecular formula is C16H25N3O3. The highest BCUT2D eigenvalue weighted by atomic mass is 16.4. The number of nitrogens with one attached hydrogen (secondary N) is 2. The van der Waals surface area contributed by atoms with Crippen LogP contribution in [0.2, 0.25) is 0 Å². The standard InChI is InChI=1S/C16H25N3O3/c1-16(21,14-3-2-8-22-14)11-18-15(20)17-9-12-6-7-19(10-12)13-4-5-13/h2-3,8,12-13,21H,4-7,9-11H2,1H3,(H2,17,18,20)/t12-,16-/m0/s1. The maximum Gasteiger partial charge on any atom is 0.314 e. The molecule has 122 valence electrons. The number of aliphatic hydroxyl groups is 1. The lowest BCUT2D eigenvalue weighted by Gasteiger charge is -2.21. The molecule has 3 N–H and O–H groups in total. The second kappa shape index (κ2) is 6.30. The molecule has 0 aromatic carbocycles. The van der Waals surface area contributed by atoms with Gasteiger partial charge in [0, 0.05) is 19.1 Å². The molecule has 2 fully saturated rings. The van der Waals surface area contributed by atoms with Gasteiger partial charge in [-0.3, -0.25) is 0 Å². The molecule has 1 aromatic heterocycles. The first-order valence-electron chi connectivity index (χ1n) is 8.07. The number of furan rings is 1. The molecule has 1 aliphatic heterocycles. The second-order valence-electron chi connectivity index (χ2n) is 6.70. The largest absolute Gasteiger partial charge is 0.466 e. The predicted molar refractivity (Wildman–Crippen MR) is 82.4 cm³/mol. The van der Waals surface area contributed by atoms with Crippen molar-refractivity contribution < 1.29 is 14.3 Å². The molecule has 2 atom stereocenters. The van der Waals surface area contributed by atoms with E-state index in [9.17, 15) is 9.90 Å². The minimum absolute atomic E-state index is 0.116. The van der Waals surface area contributed by atoms with Crippen LogP contribution in [0.25, 0.3) is 0 Å². The van der Waals surface area contributed by atoms with Crippen molar-refractivity contribution in [2.75, 3.05) is 26.2 Å². The summed E-state index contributed by atoms with van der Waals surface area (Å²) in [6.07, 6.45) is 5.33. The van der Waals surface area contributed by atoms with E-state index in [4.69, 9.17) is 4.42 Å². The fourth-order valence-corrected chi connectivity index (χ4v) is 3.02. The van der Waals surface area contributed by atoms with Crippen molar-refractivity contribution in [1.82, 2.24) is 15.5 Å². The second-order valence-corrected chi connectivity index (χ2v) is 6.70. The number of urea groups is 1. The third-order valence-electron chi connectivity index (χ3n) is 4.58. The molecule has 3 rings (SSSR count). The van der Waals surface area contributed by atoms with Crippen molar-refractivity contribution in [1.29, 1.82) is 0 Å². The third-order valence-corrected chi connectivity index (χ3v) is 4.58. The Morgan fingerprint density at radius 3 is 2.95 bits per heavy atom. The van der Waals surface area contributed by atoms with Gasteiger partial charge in [0.15, 0.2) is 0 Å². The molecule has 1 saturated heterocycles. The number of nitrogens with zero attached hydrogens (tertiary/aromatic N) is 1. The maximum absolute atomic E-state index is 11.9. The van der Waals surface area contributed by atoms with Gasteiger partial charge in [0.25, 0.3) is 0 Å². The van der Waals surface area contributed by atoms with Crippen LogP contribution >= 0.6 is 0 Å². The van der Waals surface area contributed by atoms with E-state index in [0.29, 0.717) is 18.2 Å². The van der Waals surface area contributed by atoms with Gasteiger partial charge in [-0.25, -0.2) is 4.79 Å². The smallest absolute Gasteiger partial charge is 0.314 e. The Balaban J connectivity index is 1.36. The topological polar surface area (TPSA) is 77.7 Å². The first-order valence-corrected chi connectivity index (χ1v) is 8.07. The van der Waals surface area contributed by atoms with Gasteiger partial charge in [-0.15, -0.1) is 0 Å². The van der Waals surface area contributed by atoms with Crippen molar-refractivity contribution in [3.05, 3.63) is 24.2 Å². The summed E-state index contributed by atoms with van der Waals surface area (Å²) in [6.45, 7) is 4.68. The normalized spacial score (nSPS) is 24.9. The van der Waals surface area contributed by atoms with Crippen LogP contribution in [0, 0.1) is 5.92 Å². The predicted octanol–water partition coefficient (Wildman–Crippen LogP) is 1.27. The average Bonchev–Trinajstić information content (AvgIpc) is 3.02. The number of likely N-dealkylation sites (tertiary alicyclic amines) is 1. The lowest BCUT2D eigenvalue weighted by Crippen LogP contribution is -2.44. The molecule has 1 aliphatic carbocycles. The zero-order valence-electron chi connectivity index (χ0n) is 13.0. The van der Waals surface area contributed by atoms with Crippen LogP contribution in [-0.2, 0) is 5.60 Å². The van der Waals surface area contributed by atoms with E-state index in [1.165, 1.54) is 19.1 Å². The number of carbonyl (C=O) groups excluding carboxylic acids is 1. The van der Waals surface area contributed by atoms with Crippen LogP contribution in [0.15, 0.2) is 22.8 Å². The Labute approximate surface area is 130 Å². The number of rotatable bonds is 6. The highest BCUT2D eigenvalue weighted by Gasteiger charge is 2.34. The van der Waals surface area contributed by atoms with Gasteiger partial charge in [0.2, 0.25) is 0 Å². The summed E-state index contributed by atoms with van der Waals surface area (Å²) in [5, 5.41) is 15.9. The Morgan fingerprint density at radius 2 is 2.27 bits per heavy atom. The SMILES string of the molecule is C[C@](O)(CNC(=O)NC[C@@H]1CCN(C2CC2)C1)c1ccco1. The van der Waals surface area contributed by atoms with Gasteiger partial charge in [-0.1, -0.05) is 0 Å². The summed E-state index contributed by atoms with van der Waals surface area (Å²) in [4.78, 5) is 14.4. The zero-order valence-corrected chi connectivity index (χ0v) is 13.0. The molecule has 0 bridgehead atoms. The molecule has 1 saturated carbocycles. The minimum atomic E-state index is -1.20. The van der Waals surface area contributed by atoms with Crippen LogP contribution < -0.4 is 10.6 Å². The van der Waals surface area contributed by atoms with Crippen molar-refractivity contribution in [3.63, 3.8) is 0 Å². The Morgan fingerprint density at radius 1 is 1.45 bits per heavy atom. The van der Waals surface area contributed by atoms with Gasteiger partial charge in [-0.2, -0.15) is 0 Å². The molecule has 6 heteroatoms. The molecule has 0 spiro atoms.